The van der Waals surface area contributed by atoms with Crippen LogP contribution in [0.15, 0.2) is 24.3 Å². The molecule has 0 bridgehead atoms. The minimum atomic E-state index is -0.528. The van der Waals surface area contributed by atoms with Crippen molar-refractivity contribution in [3.05, 3.63) is 35.4 Å². The lowest BCUT2D eigenvalue weighted by molar-refractivity contribution is -0.129. The standard InChI is InChI=1S/C14H20ClNO/c1-10-6-5-7-12(8-10)11(2)16-13(17)14(3,4)9-15/h5-8,11H,9H2,1-4H3,(H,16,17)/t11-/m1/s1. The van der Waals surface area contributed by atoms with Gasteiger partial charge < -0.3 is 5.32 Å². The Morgan fingerprint density at radius 3 is 2.65 bits per heavy atom. The third kappa shape index (κ3) is 3.74. The molecule has 0 unspecified atom stereocenters. The van der Waals surface area contributed by atoms with Gasteiger partial charge in [0.1, 0.15) is 0 Å². The van der Waals surface area contributed by atoms with Gasteiger partial charge in [-0.05, 0) is 33.3 Å². The van der Waals surface area contributed by atoms with Gasteiger partial charge in [0.05, 0.1) is 11.5 Å². The molecule has 1 rings (SSSR count). The summed E-state index contributed by atoms with van der Waals surface area (Å²) in [6, 6.07) is 8.15. The molecule has 0 radical (unpaired) electrons. The Bertz CT molecular complexity index is 401. The van der Waals surface area contributed by atoms with E-state index in [1.807, 2.05) is 45.9 Å². The summed E-state index contributed by atoms with van der Waals surface area (Å²) < 4.78 is 0. The lowest BCUT2D eigenvalue weighted by Crippen LogP contribution is -2.39. The fraction of sp³-hybridized carbons (Fsp3) is 0.500. The van der Waals surface area contributed by atoms with Crippen molar-refractivity contribution in [1.82, 2.24) is 5.32 Å². The van der Waals surface area contributed by atoms with Crippen LogP contribution in [0.25, 0.3) is 0 Å². The van der Waals surface area contributed by atoms with Crippen LogP contribution in [0.2, 0.25) is 0 Å². The minimum Gasteiger partial charge on any atom is -0.349 e. The highest BCUT2D eigenvalue weighted by Gasteiger charge is 2.27. The first-order valence-electron chi connectivity index (χ1n) is 5.80. The second-order valence-corrected chi connectivity index (χ2v) is 5.39. The van der Waals surface area contributed by atoms with Crippen molar-refractivity contribution in [3.8, 4) is 0 Å². The second-order valence-electron chi connectivity index (χ2n) is 5.13. The lowest BCUT2D eigenvalue weighted by Gasteiger charge is -2.24. The van der Waals surface area contributed by atoms with Crippen LogP contribution in [-0.4, -0.2) is 11.8 Å². The third-order valence-corrected chi connectivity index (χ3v) is 3.51. The predicted octanol–water partition coefficient (Wildman–Crippen LogP) is 3.44. The van der Waals surface area contributed by atoms with Gasteiger partial charge in [-0.2, -0.15) is 0 Å². The van der Waals surface area contributed by atoms with Gasteiger partial charge in [-0.3, -0.25) is 4.79 Å². The Morgan fingerprint density at radius 1 is 1.47 bits per heavy atom. The van der Waals surface area contributed by atoms with E-state index in [0.717, 1.165) is 5.56 Å². The predicted molar refractivity (Wildman–Crippen MR) is 72.2 cm³/mol. The average Bonchev–Trinajstić information content (AvgIpc) is 2.28. The molecular formula is C14H20ClNO. The number of carbonyl (C=O) groups excluding carboxylic acids is 1. The van der Waals surface area contributed by atoms with Crippen LogP contribution in [0, 0.1) is 12.3 Å². The van der Waals surface area contributed by atoms with Gasteiger partial charge in [-0.1, -0.05) is 29.8 Å². The Labute approximate surface area is 108 Å². The number of nitrogens with one attached hydrogen (secondary N) is 1. The van der Waals surface area contributed by atoms with E-state index in [2.05, 4.69) is 11.4 Å². The van der Waals surface area contributed by atoms with Crippen LogP contribution in [0.5, 0.6) is 0 Å². The van der Waals surface area contributed by atoms with E-state index in [1.165, 1.54) is 5.56 Å². The van der Waals surface area contributed by atoms with E-state index in [9.17, 15) is 4.79 Å². The highest BCUT2D eigenvalue weighted by molar-refractivity contribution is 6.19. The number of alkyl halides is 1. The van der Waals surface area contributed by atoms with Crippen LogP contribution in [0.4, 0.5) is 0 Å². The quantitative estimate of drug-likeness (QED) is 0.819. The van der Waals surface area contributed by atoms with Crippen LogP contribution in [0.1, 0.15) is 37.9 Å². The number of carbonyl (C=O) groups is 1. The number of amides is 1. The van der Waals surface area contributed by atoms with E-state index in [4.69, 9.17) is 11.6 Å². The summed E-state index contributed by atoms with van der Waals surface area (Å²) in [5, 5.41) is 2.99. The van der Waals surface area contributed by atoms with Gasteiger partial charge >= 0.3 is 0 Å². The summed E-state index contributed by atoms with van der Waals surface area (Å²) in [5.74, 6) is 0.306. The van der Waals surface area contributed by atoms with E-state index in [0.29, 0.717) is 5.88 Å². The van der Waals surface area contributed by atoms with Crippen molar-refractivity contribution in [2.24, 2.45) is 5.41 Å². The molecule has 0 aliphatic rings. The SMILES string of the molecule is Cc1cccc([C@@H](C)NC(=O)C(C)(C)CCl)c1. The third-order valence-electron chi connectivity index (χ3n) is 2.84. The molecule has 0 saturated carbocycles. The van der Waals surface area contributed by atoms with Crippen LogP contribution in [-0.2, 0) is 4.79 Å². The zero-order valence-corrected chi connectivity index (χ0v) is 11.6. The van der Waals surface area contributed by atoms with Crippen LogP contribution >= 0.6 is 11.6 Å². The minimum absolute atomic E-state index is 0.00453. The summed E-state index contributed by atoms with van der Waals surface area (Å²) >= 11 is 5.78. The maximum atomic E-state index is 12.0. The molecule has 1 amide bonds. The summed E-state index contributed by atoms with van der Waals surface area (Å²) in [6.07, 6.45) is 0. The molecule has 0 aromatic heterocycles. The molecule has 94 valence electrons. The number of benzene rings is 1. The van der Waals surface area contributed by atoms with Gasteiger partial charge in [0.2, 0.25) is 5.91 Å². The molecule has 1 N–H and O–H groups in total. The number of aryl methyl sites for hydroxylation is 1. The highest BCUT2D eigenvalue weighted by Crippen LogP contribution is 2.20. The fourth-order valence-electron chi connectivity index (χ4n) is 1.48. The Balaban J connectivity index is 2.73. The molecule has 2 nitrogen and oxygen atoms in total. The molecule has 0 fully saturated rings. The molecule has 0 spiro atoms. The molecule has 0 saturated heterocycles. The van der Waals surface area contributed by atoms with Crippen molar-refractivity contribution in [1.29, 1.82) is 0 Å². The number of hydrogen-bond acceptors (Lipinski definition) is 1. The maximum Gasteiger partial charge on any atom is 0.227 e. The second kappa shape index (κ2) is 5.54. The molecule has 17 heavy (non-hydrogen) atoms. The van der Waals surface area contributed by atoms with Crippen molar-refractivity contribution in [3.63, 3.8) is 0 Å². The van der Waals surface area contributed by atoms with E-state index < -0.39 is 5.41 Å². The molecule has 1 aromatic rings. The molecular weight excluding hydrogens is 234 g/mol. The number of hydrogen-bond donors (Lipinski definition) is 1. The monoisotopic (exact) mass is 253 g/mol. The molecule has 3 heteroatoms. The number of halogens is 1. The van der Waals surface area contributed by atoms with Gasteiger partial charge in [0.25, 0.3) is 0 Å². The van der Waals surface area contributed by atoms with Gasteiger partial charge in [-0.15, -0.1) is 11.6 Å². The highest BCUT2D eigenvalue weighted by atomic mass is 35.5. The first-order chi connectivity index (χ1) is 7.86. The zero-order valence-electron chi connectivity index (χ0n) is 10.9. The normalized spacial score (nSPS) is 13.2. The Kier molecular flexibility index (Phi) is 4.58. The smallest absolute Gasteiger partial charge is 0.227 e. The summed E-state index contributed by atoms with van der Waals surface area (Å²) in [6.45, 7) is 7.72. The summed E-state index contributed by atoms with van der Waals surface area (Å²) in [5.41, 5.74) is 1.78. The topological polar surface area (TPSA) is 29.1 Å². The molecule has 1 aromatic carbocycles. The van der Waals surface area contributed by atoms with E-state index >= 15 is 0 Å². The summed E-state index contributed by atoms with van der Waals surface area (Å²) in [7, 11) is 0. The first-order valence-corrected chi connectivity index (χ1v) is 6.34. The molecule has 0 heterocycles. The molecule has 0 aliphatic carbocycles. The molecule has 0 aliphatic heterocycles. The fourth-order valence-corrected chi connectivity index (χ4v) is 1.60. The Morgan fingerprint density at radius 2 is 2.12 bits per heavy atom. The Hall–Kier alpha value is -1.02. The van der Waals surface area contributed by atoms with Crippen molar-refractivity contribution in [2.45, 2.75) is 33.7 Å². The van der Waals surface area contributed by atoms with Gasteiger partial charge in [0, 0.05) is 5.88 Å². The van der Waals surface area contributed by atoms with Crippen molar-refractivity contribution >= 4 is 17.5 Å². The lowest BCUT2D eigenvalue weighted by atomic mass is 9.94. The first kappa shape index (κ1) is 14.0. The number of rotatable bonds is 4. The maximum absolute atomic E-state index is 12.0. The van der Waals surface area contributed by atoms with Crippen molar-refractivity contribution in [2.75, 3.05) is 5.88 Å². The average molecular weight is 254 g/mol. The summed E-state index contributed by atoms with van der Waals surface area (Å²) in [4.78, 5) is 12.0. The van der Waals surface area contributed by atoms with E-state index in [-0.39, 0.29) is 11.9 Å². The zero-order chi connectivity index (χ0) is 13.1. The van der Waals surface area contributed by atoms with E-state index in [1.54, 1.807) is 0 Å². The van der Waals surface area contributed by atoms with Crippen LogP contribution in [0.3, 0.4) is 0 Å². The molecule has 1 atom stereocenters. The van der Waals surface area contributed by atoms with Gasteiger partial charge in [-0.25, -0.2) is 0 Å². The van der Waals surface area contributed by atoms with Gasteiger partial charge in [0.15, 0.2) is 0 Å². The van der Waals surface area contributed by atoms with Crippen LogP contribution < -0.4 is 5.32 Å². The largest absolute Gasteiger partial charge is 0.349 e. The van der Waals surface area contributed by atoms with Crippen molar-refractivity contribution < 1.29 is 4.79 Å².